The van der Waals surface area contributed by atoms with Crippen LogP contribution in [0.25, 0.3) is 0 Å². The Morgan fingerprint density at radius 3 is 2.46 bits per heavy atom. The van der Waals surface area contributed by atoms with Gasteiger partial charge in [-0.25, -0.2) is 12.8 Å². The van der Waals surface area contributed by atoms with Crippen LogP contribution in [0.1, 0.15) is 6.92 Å². The highest BCUT2D eigenvalue weighted by atomic mass is 35.5. The Hall–Kier alpha value is -1.87. The Bertz CT molecular complexity index is 938. The van der Waals surface area contributed by atoms with E-state index in [0.29, 0.717) is 10.7 Å². The summed E-state index contributed by atoms with van der Waals surface area (Å²) >= 11 is 11.7. The molecule has 0 aliphatic heterocycles. The third-order valence-corrected chi connectivity index (χ3v) is 5.63. The van der Waals surface area contributed by atoms with Crippen molar-refractivity contribution in [1.29, 1.82) is 0 Å². The van der Waals surface area contributed by atoms with E-state index in [2.05, 4.69) is 10.0 Å². The summed E-state index contributed by atoms with van der Waals surface area (Å²) in [6.45, 7) is 1.34. The quantitative estimate of drug-likeness (QED) is 0.749. The second kappa shape index (κ2) is 8.22. The summed E-state index contributed by atoms with van der Waals surface area (Å²) in [7, 11) is -2.94. The lowest BCUT2D eigenvalue weighted by molar-refractivity contribution is -0.117. The number of amides is 1. The Kier molecular flexibility index (Phi) is 6.46. The van der Waals surface area contributed by atoms with Crippen LogP contribution < -0.4 is 14.8 Å². The van der Waals surface area contributed by atoms with Gasteiger partial charge < -0.3 is 10.1 Å². The van der Waals surface area contributed by atoms with Gasteiger partial charge >= 0.3 is 0 Å². The maximum absolute atomic E-state index is 13.4. The number of hydrogen-bond acceptors (Lipinski definition) is 4. The number of carbonyl (C=O) groups excluding carboxylic acids is 1. The minimum Gasteiger partial charge on any atom is -0.495 e. The number of nitrogens with one attached hydrogen (secondary N) is 2. The average Bonchev–Trinajstić information content (AvgIpc) is 2.57. The van der Waals surface area contributed by atoms with Gasteiger partial charge in [-0.3, -0.25) is 4.79 Å². The van der Waals surface area contributed by atoms with E-state index in [1.807, 2.05) is 0 Å². The molecule has 0 aromatic heterocycles. The molecule has 0 radical (unpaired) electrons. The molecule has 0 heterocycles. The molecule has 1 atom stereocenters. The first-order chi connectivity index (χ1) is 12.1. The van der Waals surface area contributed by atoms with Crippen LogP contribution in [0.15, 0.2) is 41.3 Å². The molecule has 0 aliphatic rings. The number of carbonyl (C=O) groups is 1. The Morgan fingerprint density at radius 1 is 1.15 bits per heavy atom. The van der Waals surface area contributed by atoms with E-state index >= 15 is 0 Å². The van der Waals surface area contributed by atoms with Crippen LogP contribution in [-0.4, -0.2) is 27.5 Å². The average molecular weight is 421 g/mol. The molecule has 26 heavy (non-hydrogen) atoms. The molecule has 0 saturated carbocycles. The molecule has 0 fully saturated rings. The number of benzene rings is 2. The molecule has 6 nitrogen and oxygen atoms in total. The number of halogens is 3. The topological polar surface area (TPSA) is 84.5 Å². The smallest absolute Gasteiger partial charge is 0.245 e. The van der Waals surface area contributed by atoms with Crippen molar-refractivity contribution in [2.45, 2.75) is 17.9 Å². The highest BCUT2D eigenvalue weighted by Gasteiger charge is 2.25. The maximum Gasteiger partial charge on any atom is 0.245 e. The largest absolute Gasteiger partial charge is 0.495 e. The molecule has 10 heteroatoms. The van der Waals surface area contributed by atoms with Crippen LogP contribution in [0.2, 0.25) is 10.0 Å². The SMILES string of the molecule is COc1ccc(F)cc1S(=O)(=O)NC(C)C(=O)Nc1ccc(Cl)c(Cl)c1. The molecule has 140 valence electrons. The van der Waals surface area contributed by atoms with Gasteiger partial charge in [0, 0.05) is 5.69 Å². The van der Waals surface area contributed by atoms with Gasteiger partial charge in [0.2, 0.25) is 15.9 Å². The van der Waals surface area contributed by atoms with Crippen molar-refractivity contribution in [2.24, 2.45) is 0 Å². The molecule has 0 bridgehead atoms. The van der Waals surface area contributed by atoms with Crippen molar-refractivity contribution in [3.05, 3.63) is 52.3 Å². The van der Waals surface area contributed by atoms with E-state index in [-0.39, 0.29) is 10.8 Å². The number of sulfonamides is 1. The van der Waals surface area contributed by atoms with Gasteiger partial charge in [-0.15, -0.1) is 0 Å². The van der Waals surface area contributed by atoms with Gasteiger partial charge in [0.1, 0.15) is 16.5 Å². The number of methoxy groups -OCH3 is 1. The van der Waals surface area contributed by atoms with Gasteiger partial charge in [0.15, 0.2) is 0 Å². The standard InChI is InChI=1S/C16H15Cl2FN2O4S/c1-9(16(22)20-11-4-5-12(17)13(18)8-11)21-26(23,24)15-7-10(19)3-6-14(15)25-2/h3-9,21H,1-2H3,(H,20,22). The fourth-order valence-electron chi connectivity index (χ4n) is 2.03. The lowest BCUT2D eigenvalue weighted by atomic mass is 10.3. The van der Waals surface area contributed by atoms with Gasteiger partial charge in [-0.05, 0) is 43.3 Å². The van der Waals surface area contributed by atoms with E-state index in [0.717, 1.165) is 12.1 Å². The van der Waals surface area contributed by atoms with E-state index in [1.165, 1.54) is 38.3 Å². The van der Waals surface area contributed by atoms with Crippen LogP contribution in [0.5, 0.6) is 5.75 Å². The van der Waals surface area contributed by atoms with Crippen molar-refractivity contribution in [3.63, 3.8) is 0 Å². The Balaban J connectivity index is 2.17. The first-order valence-electron chi connectivity index (χ1n) is 7.26. The number of ether oxygens (including phenoxy) is 1. The fraction of sp³-hybridized carbons (Fsp3) is 0.188. The summed E-state index contributed by atoms with van der Waals surface area (Å²) in [4.78, 5) is 11.8. The van der Waals surface area contributed by atoms with Gasteiger partial charge in [0.25, 0.3) is 0 Å². The van der Waals surface area contributed by atoms with E-state index in [9.17, 15) is 17.6 Å². The summed E-state index contributed by atoms with van der Waals surface area (Å²) in [6.07, 6.45) is 0. The van der Waals surface area contributed by atoms with Gasteiger partial charge in [-0.1, -0.05) is 23.2 Å². The zero-order valence-corrected chi connectivity index (χ0v) is 16.0. The molecule has 2 aromatic rings. The summed E-state index contributed by atoms with van der Waals surface area (Å²) in [5.74, 6) is -1.43. The van der Waals surface area contributed by atoms with Crippen molar-refractivity contribution in [3.8, 4) is 5.75 Å². The van der Waals surface area contributed by atoms with E-state index in [1.54, 1.807) is 0 Å². The summed E-state index contributed by atoms with van der Waals surface area (Å²) in [5, 5.41) is 3.06. The highest BCUT2D eigenvalue weighted by molar-refractivity contribution is 7.89. The summed E-state index contributed by atoms with van der Waals surface area (Å²) < 4.78 is 45.4. The summed E-state index contributed by atoms with van der Waals surface area (Å²) in [6, 6.07) is 6.35. The molecular formula is C16H15Cl2FN2O4S. The highest BCUT2D eigenvalue weighted by Crippen LogP contribution is 2.26. The van der Waals surface area contributed by atoms with Crippen LogP contribution >= 0.6 is 23.2 Å². The van der Waals surface area contributed by atoms with Gasteiger partial charge in [-0.2, -0.15) is 4.72 Å². The summed E-state index contributed by atoms with van der Waals surface area (Å²) in [5.41, 5.74) is 0.346. The van der Waals surface area contributed by atoms with Crippen molar-refractivity contribution in [2.75, 3.05) is 12.4 Å². The molecule has 2 rings (SSSR count). The van der Waals surface area contributed by atoms with Crippen molar-refractivity contribution >= 4 is 44.8 Å². The zero-order chi connectivity index (χ0) is 19.5. The molecule has 0 spiro atoms. The third kappa shape index (κ3) is 4.85. The van der Waals surface area contributed by atoms with Crippen LogP contribution in [0, 0.1) is 5.82 Å². The second-order valence-electron chi connectivity index (χ2n) is 5.26. The van der Waals surface area contributed by atoms with Crippen molar-refractivity contribution < 1.29 is 22.3 Å². The van der Waals surface area contributed by atoms with Crippen LogP contribution in [0.4, 0.5) is 10.1 Å². The zero-order valence-electron chi connectivity index (χ0n) is 13.7. The molecular weight excluding hydrogens is 406 g/mol. The number of anilines is 1. The van der Waals surface area contributed by atoms with Crippen LogP contribution in [0.3, 0.4) is 0 Å². The molecule has 0 saturated heterocycles. The normalized spacial score (nSPS) is 12.5. The lowest BCUT2D eigenvalue weighted by Gasteiger charge is -2.16. The monoisotopic (exact) mass is 420 g/mol. The molecule has 2 aromatic carbocycles. The molecule has 2 N–H and O–H groups in total. The van der Waals surface area contributed by atoms with Gasteiger partial charge in [0.05, 0.1) is 23.2 Å². The maximum atomic E-state index is 13.4. The molecule has 1 unspecified atom stereocenters. The van der Waals surface area contributed by atoms with E-state index < -0.39 is 32.7 Å². The van der Waals surface area contributed by atoms with E-state index in [4.69, 9.17) is 27.9 Å². The predicted molar refractivity (Wildman–Crippen MR) is 97.8 cm³/mol. The van der Waals surface area contributed by atoms with Crippen molar-refractivity contribution in [1.82, 2.24) is 4.72 Å². The minimum atomic E-state index is -4.20. The fourth-order valence-corrected chi connectivity index (χ4v) is 3.72. The second-order valence-corrected chi connectivity index (χ2v) is 7.75. The third-order valence-electron chi connectivity index (χ3n) is 3.33. The lowest BCUT2D eigenvalue weighted by Crippen LogP contribution is -2.41. The molecule has 1 amide bonds. The predicted octanol–water partition coefficient (Wildman–Crippen LogP) is 3.45. The first-order valence-corrected chi connectivity index (χ1v) is 9.49. The Morgan fingerprint density at radius 2 is 1.85 bits per heavy atom. The molecule has 0 aliphatic carbocycles. The number of hydrogen-bond donors (Lipinski definition) is 2. The first kappa shape index (κ1) is 20.4. The Labute approximate surface area is 160 Å². The van der Waals surface area contributed by atoms with Crippen LogP contribution in [-0.2, 0) is 14.8 Å². The number of rotatable bonds is 6. The minimum absolute atomic E-state index is 0.0454.